The Labute approximate surface area is 161 Å². The van der Waals surface area contributed by atoms with E-state index in [2.05, 4.69) is 20.5 Å². The van der Waals surface area contributed by atoms with Crippen molar-refractivity contribution < 1.29 is 14.4 Å². The first-order valence-electron chi connectivity index (χ1n) is 9.12. The smallest absolute Gasteiger partial charge is 0.324 e. The van der Waals surface area contributed by atoms with Crippen molar-refractivity contribution in [2.75, 3.05) is 36.9 Å². The van der Waals surface area contributed by atoms with E-state index >= 15 is 0 Å². The maximum Gasteiger partial charge on any atom is 0.331 e. The molecule has 2 aromatic rings. The minimum absolute atomic E-state index is 0.0478. The molecule has 2 N–H and O–H groups in total. The largest absolute Gasteiger partial charge is 0.331 e. The Hall–Kier alpha value is -3.43. The Morgan fingerprint density at radius 2 is 2.18 bits per heavy atom. The van der Waals surface area contributed by atoms with E-state index in [0.717, 1.165) is 23.6 Å². The number of carbonyl (C=O) groups excluding carboxylic acids is 3. The zero-order valence-corrected chi connectivity index (χ0v) is 15.5. The van der Waals surface area contributed by atoms with E-state index in [9.17, 15) is 14.4 Å². The second-order valence-corrected chi connectivity index (χ2v) is 7.00. The molecule has 3 heterocycles. The average molecular weight is 383 g/mol. The number of urea groups is 2. The molecule has 10 heteroatoms. The number of aromatic amines is 1. The van der Waals surface area contributed by atoms with Crippen molar-refractivity contribution in [3.63, 3.8) is 0 Å². The number of amides is 5. The van der Waals surface area contributed by atoms with Crippen LogP contribution in [0.1, 0.15) is 24.6 Å². The Morgan fingerprint density at radius 1 is 1.32 bits per heavy atom. The molecule has 4 rings (SSSR count). The SMILES string of the molecule is CN1CC(=O)N(c2cccc(NC(=O)N3CCC[C@H](c4ncn[nH]4)C3)c2)C1=O. The normalized spacial score (nSPS) is 20.0. The Morgan fingerprint density at radius 3 is 2.89 bits per heavy atom. The lowest BCUT2D eigenvalue weighted by molar-refractivity contribution is -0.116. The van der Waals surface area contributed by atoms with Crippen molar-refractivity contribution in [3.05, 3.63) is 36.4 Å². The van der Waals surface area contributed by atoms with Gasteiger partial charge in [-0.15, -0.1) is 0 Å². The van der Waals surface area contributed by atoms with Gasteiger partial charge in [-0.1, -0.05) is 6.07 Å². The zero-order chi connectivity index (χ0) is 19.7. The number of hydrogen-bond acceptors (Lipinski definition) is 5. The molecule has 1 aromatic carbocycles. The van der Waals surface area contributed by atoms with Gasteiger partial charge in [0.2, 0.25) is 0 Å². The summed E-state index contributed by atoms with van der Waals surface area (Å²) in [4.78, 5) is 45.4. The maximum atomic E-state index is 12.7. The summed E-state index contributed by atoms with van der Waals surface area (Å²) in [5.74, 6) is 0.625. The lowest BCUT2D eigenvalue weighted by atomic mass is 9.98. The summed E-state index contributed by atoms with van der Waals surface area (Å²) >= 11 is 0. The number of nitrogens with zero attached hydrogens (tertiary/aromatic N) is 5. The molecule has 1 atom stereocenters. The molecular weight excluding hydrogens is 362 g/mol. The van der Waals surface area contributed by atoms with E-state index in [1.54, 1.807) is 36.2 Å². The van der Waals surface area contributed by atoms with Gasteiger partial charge in [0, 0.05) is 31.7 Å². The average Bonchev–Trinajstić information content (AvgIpc) is 3.31. The first-order chi connectivity index (χ1) is 13.5. The zero-order valence-electron chi connectivity index (χ0n) is 15.5. The van der Waals surface area contributed by atoms with Crippen molar-refractivity contribution in [2.24, 2.45) is 0 Å². The fraction of sp³-hybridized carbons (Fsp3) is 0.389. The topological polar surface area (TPSA) is 115 Å². The van der Waals surface area contributed by atoms with Gasteiger partial charge in [-0.2, -0.15) is 5.10 Å². The highest BCUT2D eigenvalue weighted by molar-refractivity contribution is 6.19. The molecule has 1 aromatic heterocycles. The third kappa shape index (κ3) is 3.40. The molecule has 0 bridgehead atoms. The first kappa shape index (κ1) is 18.0. The number of anilines is 2. The van der Waals surface area contributed by atoms with E-state index in [4.69, 9.17) is 0 Å². The molecule has 0 aliphatic carbocycles. The highest BCUT2D eigenvalue weighted by Gasteiger charge is 2.35. The molecule has 2 saturated heterocycles. The minimum atomic E-state index is -0.376. The predicted octanol–water partition coefficient (Wildman–Crippen LogP) is 1.61. The number of nitrogens with one attached hydrogen (secondary N) is 2. The van der Waals surface area contributed by atoms with Gasteiger partial charge in [0.25, 0.3) is 5.91 Å². The maximum absolute atomic E-state index is 12.7. The van der Waals surface area contributed by atoms with E-state index in [1.165, 1.54) is 11.2 Å². The molecule has 0 unspecified atom stereocenters. The summed E-state index contributed by atoms with van der Waals surface area (Å²) in [6, 6.07) is 6.14. The van der Waals surface area contributed by atoms with E-state index in [0.29, 0.717) is 24.5 Å². The first-order valence-corrected chi connectivity index (χ1v) is 9.12. The minimum Gasteiger partial charge on any atom is -0.324 e. The number of aromatic nitrogens is 3. The van der Waals surface area contributed by atoms with Gasteiger partial charge < -0.3 is 15.1 Å². The van der Waals surface area contributed by atoms with Gasteiger partial charge >= 0.3 is 12.1 Å². The van der Waals surface area contributed by atoms with E-state index < -0.39 is 0 Å². The number of benzene rings is 1. The number of likely N-dealkylation sites (tertiary alicyclic amines) is 1. The van der Waals surface area contributed by atoms with Crippen LogP contribution in [0.3, 0.4) is 0 Å². The molecule has 0 radical (unpaired) electrons. The molecule has 2 aliphatic rings. The van der Waals surface area contributed by atoms with Gasteiger partial charge in [0.1, 0.15) is 18.7 Å². The summed E-state index contributed by atoms with van der Waals surface area (Å²) in [5, 5.41) is 9.62. The third-order valence-corrected chi connectivity index (χ3v) is 5.02. The summed E-state index contributed by atoms with van der Waals surface area (Å²) in [7, 11) is 1.58. The Balaban J connectivity index is 1.45. The number of piperidine rings is 1. The fourth-order valence-corrected chi connectivity index (χ4v) is 3.59. The van der Waals surface area contributed by atoms with Crippen molar-refractivity contribution in [3.8, 4) is 0 Å². The molecular formula is C18H21N7O3. The predicted molar refractivity (Wildman–Crippen MR) is 101 cm³/mol. The number of H-pyrrole nitrogens is 1. The van der Waals surface area contributed by atoms with Crippen molar-refractivity contribution in [1.29, 1.82) is 0 Å². The van der Waals surface area contributed by atoms with Crippen LogP contribution in [0.2, 0.25) is 0 Å². The van der Waals surface area contributed by atoms with Crippen molar-refractivity contribution in [2.45, 2.75) is 18.8 Å². The highest BCUT2D eigenvalue weighted by atomic mass is 16.2. The lowest BCUT2D eigenvalue weighted by Gasteiger charge is -2.31. The van der Waals surface area contributed by atoms with Crippen LogP contribution in [0.25, 0.3) is 0 Å². The second-order valence-electron chi connectivity index (χ2n) is 7.00. The van der Waals surface area contributed by atoms with Gasteiger partial charge in [-0.05, 0) is 31.0 Å². The Kier molecular flexibility index (Phi) is 4.68. The molecule has 0 saturated carbocycles. The van der Waals surface area contributed by atoms with Crippen LogP contribution in [0, 0.1) is 0 Å². The fourth-order valence-electron chi connectivity index (χ4n) is 3.59. The van der Waals surface area contributed by atoms with E-state index in [1.807, 2.05) is 0 Å². The number of hydrogen-bond donors (Lipinski definition) is 2. The van der Waals surface area contributed by atoms with Crippen molar-refractivity contribution >= 4 is 29.3 Å². The van der Waals surface area contributed by atoms with Crippen LogP contribution in [0.15, 0.2) is 30.6 Å². The van der Waals surface area contributed by atoms with Crippen molar-refractivity contribution in [1.82, 2.24) is 25.0 Å². The van der Waals surface area contributed by atoms with Gasteiger partial charge in [0.05, 0.1) is 5.69 Å². The second kappa shape index (κ2) is 7.29. The molecule has 10 nitrogen and oxygen atoms in total. The highest BCUT2D eigenvalue weighted by Crippen LogP contribution is 2.26. The molecule has 2 aliphatic heterocycles. The number of carbonyl (C=O) groups is 3. The molecule has 146 valence electrons. The van der Waals surface area contributed by atoms with Crippen LogP contribution < -0.4 is 10.2 Å². The molecule has 0 spiro atoms. The number of rotatable bonds is 3. The van der Waals surface area contributed by atoms with Gasteiger partial charge in [0.15, 0.2) is 0 Å². The van der Waals surface area contributed by atoms with Crippen LogP contribution in [0.5, 0.6) is 0 Å². The summed E-state index contributed by atoms with van der Waals surface area (Å²) in [5.41, 5.74) is 0.967. The standard InChI is InChI=1S/C18H21N7O3/c1-23-10-15(26)25(18(23)28)14-6-2-5-13(8-14)21-17(27)24-7-3-4-12(9-24)16-19-11-20-22-16/h2,5-6,8,11-12H,3-4,7,9-10H2,1H3,(H,21,27)(H,19,20,22)/t12-/m0/s1. The summed E-state index contributed by atoms with van der Waals surface area (Å²) < 4.78 is 0. The molecule has 28 heavy (non-hydrogen) atoms. The lowest BCUT2D eigenvalue weighted by Crippen LogP contribution is -2.41. The van der Waals surface area contributed by atoms with E-state index in [-0.39, 0.29) is 30.4 Å². The molecule has 2 fully saturated rings. The number of imide groups is 1. The summed E-state index contributed by atoms with van der Waals surface area (Å²) in [6.45, 7) is 1.25. The molecule has 5 amide bonds. The third-order valence-electron chi connectivity index (χ3n) is 5.02. The monoisotopic (exact) mass is 383 g/mol. The van der Waals surface area contributed by atoms with Crippen LogP contribution in [0.4, 0.5) is 21.0 Å². The van der Waals surface area contributed by atoms with Crippen LogP contribution >= 0.6 is 0 Å². The van der Waals surface area contributed by atoms with Gasteiger partial charge in [-0.3, -0.25) is 9.89 Å². The number of likely N-dealkylation sites (N-methyl/N-ethyl adjacent to an activating group) is 1. The van der Waals surface area contributed by atoms with Crippen LogP contribution in [-0.4, -0.2) is 69.6 Å². The quantitative estimate of drug-likeness (QED) is 0.782. The van der Waals surface area contributed by atoms with Gasteiger partial charge in [-0.25, -0.2) is 19.5 Å². The van der Waals surface area contributed by atoms with Crippen LogP contribution in [-0.2, 0) is 4.79 Å². The Bertz CT molecular complexity index is 898. The summed E-state index contributed by atoms with van der Waals surface area (Å²) in [6.07, 6.45) is 3.29.